The fourth-order valence-electron chi connectivity index (χ4n) is 2.23. The molecule has 0 spiro atoms. The first kappa shape index (κ1) is 13.5. The van der Waals surface area contributed by atoms with E-state index in [9.17, 15) is 9.90 Å². The molecule has 94 valence electrons. The molecule has 1 rings (SSSR count). The molecule has 0 bridgehead atoms. The number of hydrogen-bond acceptors (Lipinski definition) is 2. The van der Waals surface area contributed by atoms with Gasteiger partial charge in [0.2, 0.25) is 5.91 Å². The van der Waals surface area contributed by atoms with Gasteiger partial charge in [-0.15, -0.1) is 0 Å². The number of nitrogens with zero attached hydrogens (tertiary/aromatic N) is 1. The van der Waals surface area contributed by atoms with Crippen molar-refractivity contribution in [3.63, 3.8) is 0 Å². The van der Waals surface area contributed by atoms with Crippen LogP contribution in [0.4, 0.5) is 0 Å². The lowest BCUT2D eigenvalue weighted by molar-refractivity contribution is -0.131. The summed E-state index contributed by atoms with van der Waals surface area (Å²) in [5.41, 5.74) is 0.0276. The lowest BCUT2D eigenvalue weighted by Gasteiger charge is -2.25. The van der Waals surface area contributed by atoms with Crippen molar-refractivity contribution in [3.8, 4) is 0 Å². The van der Waals surface area contributed by atoms with Crippen molar-refractivity contribution in [3.05, 3.63) is 0 Å². The Labute approximate surface area is 98.8 Å². The molecule has 1 heterocycles. The van der Waals surface area contributed by atoms with E-state index in [-0.39, 0.29) is 12.0 Å². The zero-order valence-electron chi connectivity index (χ0n) is 10.7. The number of carbonyl (C=O) groups excluding carboxylic acids is 1. The molecule has 0 aromatic heterocycles. The van der Waals surface area contributed by atoms with Crippen molar-refractivity contribution in [1.29, 1.82) is 0 Å². The Morgan fingerprint density at radius 1 is 1.38 bits per heavy atom. The van der Waals surface area contributed by atoms with Crippen LogP contribution < -0.4 is 0 Å². The second-order valence-corrected chi connectivity index (χ2v) is 5.31. The van der Waals surface area contributed by atoms with Crippen LogP contribution in [-0.2, 0) is 4.79 Å². The summed E-state index contributed by atoms with van der Waals surface area (Å²) < 4.78 is 0. The molecule has 1 saturated heterocycles. The number of carbonyl (C=O) groups is 1. The summed E-state index contributed by atoms with van der Waals surface area (Å²) in [5, 5.41) is 9.34. The molecular formula is C13H25NO2. The van der Waals surface area contributed by atoms with Crippen LogP contribution in [-0.4, -0.2) is 35.6 Å². The number of rotatable bonds is 4. The monoisotopic (exact) mass is 227 g/mol. The van der Waals surface area contributed by atoms with E-state index in [0.29, 0.717) is 12.3 Å². The Kier molecular flexibility index (Phi) is 5.26. The zero-order valence-corrected chi connectivity index (χ0v) is 10.7. The number of likely N-dealkylation sites (tertiary alicyclic amines) is 1. The van der Waals surface area contributed by atoms with Gasteiger partial charge in [0.05, 0.1) is 0 Å². The first-order valence-corrected chi connectivity index (χ1v) is 6.50. The van der Waals surface area contributed by atoms with Crippen LogP contribution in [0.2, 0.25) is 0 Å². The Bertz CT molecular complexity index is 230. The van der Waals surface area contributed by atoms with Crippen molar-refractivity contribution in [2.75, 3.05) is 19.7 Å². The normalized spacial score (nSPS) is 26.6. The van der Waals surface area contributed by atoms with Crippen LogP contribution in [0.25, 0.3) is 0 Å². The smallest absolute Gasteiger partial charge is 0.222 e. The molecular weight excluding hydrogens is 202 g/mol. The lowest BCUT2D eigenvalue weighted by Crippen LogP contribution is -2.32. The molecule has 0 aromatic rings. The molecule has 3 heteroatoms. The van der Waals surface area contributed by atoms with E-state index in [1.165, 1.54) is 0 Å². The molecule has 1 amide bonds. The van der Waals surface area contributed by atoms with Crippen LogP contribution in [0, 0.1) is 5.41 Å². The minimum Gasteiger partial charge on any atom is -0.396 e. The molecule has 1 fully saturated rings. The highest BCUT2D eigenvalue weighted by Gasteiger charge is 2.28. The van der Waals surface area contributed by atoms with Gasteiger partial charge in [-0.2, -0.15) is 0 Å². The lowest BCUT2D eigenvalue weighted by atomic mass is 9.84. The summed E-state index contributed by atoms with van der Waals surface area (Å²) in [6.45, 7) is 6.16. The fraction of sp³-hybridized carbons (Fsp3) is 0.923. The van der Waals surface area contributed by atoms with Crippen LogP contribution >= 0.6 is 0 Å². The van der Waals surface area contributed by atoms with E-state index < -0.39 is 0 Å². The van der Waals surface area contributed by atoms with E-state index >= 15 is 0 Å². The Morgan fingerprint density at radius 2 is 2.12 bits per heavy atom. The van der Waals surface area contributed by atoms with E-state index in [1.807, 2.05) is 4.90 Å². The average Bonchev–Trinajstić information content (AvgIpc) is 2.49. The number of aliphatic hydroxyl groups excluding tert-OH is 1. The van der Waals surface area contributed by atoms with Gasteiger partial charge in [-0.3, -0.25) is 4.79 Å². The van der Waals surface area contributed by atoms with E-state index in [4.69, 9.17) is 0 Å². The van der Waals surface area contributed by atoms with Crippen molar-refractivity contribution in [2.45, 2.75) is 52.4 Å². The maximum atomic E-state index is 11.9. The summed E-state index contributed by atoms with van der Waals surface area (Å²) in [6, 6.07) is 0. The van der Waals surface area contributed by atoms with Crippen LogP contribution in [0.1, 0.15) is 52.4 Å². The summed E-state index contributed by atoms with van der Waals surface area (Å²) in [4.78, 5) is 13.9. The SMILES string of the molecule is CCCCC(=O)N1CCCC(C)(CO)CC1. The molecule has 1 N–H and O–H groups in total. The molecule has 1 aliphatic heterocycles. The van der Waals surface area contributed by atoms with Gasteiger partial charge in [0.25, 0.3) is 0 Å². The largest absolute Gasteiger partial charge is 0.396 e. The van der Waals surface area contributed by atoms with Gasteiger partial charge in [0.15, 0.2) is 0 Å². The topological polar surface area (TPSA) is 40.5 Å². The van der Waals surface area contributed by atoms with E-state index in [2.05, 4.69) is 13.8 Å². The van der Waals surface area contributed by atoms with Crippen molar-refractivity contribution < 1.29 is 9.90 Å². The number of aliphatic hydroxyl groups is 1. The summed E-state index contributed by atoms with van der Waals surface area (Å²) >= 11 is 0. The summed E-state index contributed by atoms with van der Waals surface area (Å²) in [5.74, 6) is 0.295. The molecule has 1 unspecified atom stereocenters. The fourth-order valence-corrected chi connectivity index (χ4v) is 2.23. The highest BCUT2D eigenvalue weighted by Crippen LogP contribution is 2.30. The third kappa shape index (κ3) is 3.78. The standard InChI is InChI=1S/C13H25NO2/c1-3-4-6-12(16)14-9-5-7-13(2,11-15)8-10-14/h15H,3-11H2,1-2H3. The van der Waals surface area contributed by atoms with Crippen LogP contribution in [0.15, 0.2) is 0 Å². The third-order valence-electron chi connectivity index (χ3n) is 3.67. The molecule has 0 radical (unpaired) electrons. The first-order valence-electron chi connectivity index (χ1n) is 6.50. The summed E-state index contributed by atoms with van der Waals surface area (Å²) in [6.07, 6.45) is 5.74. The molecule has 1 aliphatic rings. The number of hydrogen-bond donors (Lipinski definition) is 1. The van der Waals surface area contributed by atoms with Crippen LogP contribution in [0.3, 0.4) is 0 Å². The van der Waals surface area contributed by atoms with Gasteiger partial charge in [-0.05, 0) is 31.1 Å². The molecule has 0 aliphatic carbocycles. The van der Waals surface area contributed by atoms with Gasteiger partial charge in [-0.25, -0.2) is 0 Å². The highest BCUT2D eigenvalue weighted by molar-refractivity contribution is 5.76. The third-order valence-corrected chi connectivity index (χ3v) is 3.67. The van der Waals surface area contributed by atoms with Crippen molar-refractivity contribution in [2.24, 2.45) is 5.41 Å². The quantitative estimate of drug-likeness (QED) is 0.799. The van der Waals surface area contributed by atoms with Gasteiger partial charge in [0.1, 0.15) is 0 Å². The van der Waals surface area contributed by atoms with Crippen molar-refractivity contribution in [1.82, 2.24) is 4.90 Å². The number of unbranched alkanes of at least 4 members (excludes halogenated alkanes) is 1. The zero-order chi connectivity index (χ0) is 12.0. The predicted octanol–water partition coefficient (Wildman–Crippen LogP) is 2.19. The maximum absolute atomic E-state index is 11.9. The van der Waals surface area contributed by atoms with Gasteiger partial charge in [-0.1, -0.05) is 20.3 Å². The average molecular weight is 227 g/mol. The Balaban J connectivity index is 2.43. The molecule has 16 heavy (non-hydrogen) atoms. The minimum absolute atomic E-state index is 0.0276. The predicted molar refractivity (Wildman–Crippen MR) is 65.1 cm³/mol. The number of amides is 1. The van der Waals surface area contributed by atoms with Crippen molar-refractivity contribution >= 4 is 5.91 Å². The second kappa shape index (κ2) is 6.24. The Hall–Kier alpha value is -0.570. The molecule has 1 atom stereocenters. The van der Waals surface area contributed by atoms with E-state index in [1.54, 1.807) is 0 Å². The van der Waals surface area contributed by atoms with Crippen LogP contribution in [0.5, 0.6) is 0 Å². The molecule has 0 saturated carbocycles. The minimum atomic E-state index is 0.0276. The molecule has 0 aromatic carbocycles. The maximum Gasteiger partial charge on any atom is 0.222 e. The second-order valence-electron chi connectivity index (χ2n) is 5.31. The van der Waals surface area contributed by atoms with Gasteiger partial charge in [0, 0.05) is 26.1 Å². The Morgan fingerprint density at radius 3 is 2.75 bits per heavy atom. The van der Waals surface area contributed by atoms with E-state index in [0.717, 1.165) is 45.2 Å². The first-order chi connectivity index (χ1) is 7.61. The molecule has 3 nitrogen and oxygen atoms in total. The summed E-state index contributed by atoms with van der Waals surface area (Å²) in [7, 11) is 0. The van der Waals surface area contributed by atoms with Gasteiger partial charge >= 0.3 is 0 Å². The highest BCUT2D eigenvalue weighted by atomic mass is 16.3. The van der Waals surface area contributed by atoms with Gasteiger partial charge < -0.3 is 10.0 Å².